The molecule has 0 aromatic rings. The van der Waals surface area contributed by atoms with Gasteiger partial charge in [0.2, 0.25) is 0 Å². The van der Waals surface area contributed by atoms with Crippen molar-refractivity contribution in [3.63, 3.8) is 0 Å². The van der Waals surface area contributed by atoms with E-state index < -0.39 is 36.2 Å². The molecule has 1 aliphatic heterocycles. The monoisotopic (exact) mass is 502 g/mol. The van der Waals surface area contributed by atoms with Gasteiger partial charge in [-0.05, 0) is 38.7 Å². The summed E-state index contributed by atoms with van der Waals surface area (Å²) in [6.07, 6.45) is 20.5. The maximum atomic E-state index is 11.9. The summed E-state index contributed by atoms with van der Waals surface area (Å²) in [6, 6.07) is 0. The van der Waals surface area contributed by atoms with Crippen LogP contribution in [0.4, 0.5) is 0 Å². The van der Waals surface area contributed by atoms with E-state index in [4.69, 9.17) is 14.6 Å². The predicted octanol–water partition coefficient (Wildman–Crippen LogP) is 4.11. The largest absolute Gasteiger partial charge is 0.481 e. The summed E-state index contributed by atoms with van der Waals surface area (Å²) in [6.45, 7) is 1.83. The maximum absolute atomic E-state index is 11.9. The van der Waals surface area contributed by atoms with Gasteiger partial charge in [0, 0.05) is 18.9 Å². The predicted molar refractivity (Wildman–Crippen MR) is 137 cm³/mol. The van der Waals surface area contributed by atoms with Gasteiger partial charge in [-0.1, -0.05) is 60.8 Å². The smallest absolute Gasteiger partial charge is 0.331 e. The van der Waals surface area contributed by atoms with Crippen molar-refractivity contribution in [3.05, 3.63) is 72.9 Å². The van der Waals surface area contributed by atoms with Gasteiger partial charge < -0.3 is 24.8 Å². The third kappa shape index (κ3) is 17.2. The van der Waals surface area contributed by atoms with Crippen molar-refractivity contribution in [1.29, 1.82) is 0 Å². The van der Waals surface area contributed by atoms with Crippen LogP contribution in [0.5, 0.6) is 0 Å². The average Bonchev–Trinajstić information content (AvgIpc) is 2.80. The van der Waals surface area contributed by atoms with Gasteiger partial charge in [-0.15, -0.1) is 0 Å². The van der Waals surface area contributed by atoms with Crippen molar-refractivity contribution in [2.45, 2.75) is 82.7 Å². The highest BCUT2D eigenvalue weighted by molar-refractivity contribution is 5.82. The second-order valence-corrected chi connectivity index (χ2v) is 8.44. The molecule has 0 saturated carbocycles. The van der Waals surface area contributed by atoms with Crippen molar-refractivity contribution < 1.29 is 39.2 Å². The highest BCUT2D eigenvalue weighted by Gasteiger charge is 2.12. The van der Waals surface area contributed by atoms with E-state index in [-0.39, 0.29) is 25.4 Å². The molecule has 8 nitrogen and oxygen atoms in total. The number of carbonyl (C=O) groups is 3. The molecule has 0 aromatic carbocycles. The quantitative estimate of drug-likeness (QED) is 0.490. The molecule has 3 N–H and O–H groups in total. The third-order valence-electron chi connectivity index (χ3n) is 5.05. The summed E-state index contributed by atoms with van der Waals surface area (Å²) in [5.74, 6) is -2.16. The zero-order valence-corrected chi connectivity index (χ0v) is 20.8. The van der Waals surface area contributed by atoms with Gasteiger partial charge in [0.1, 0.15) is 6.10 Å². The molecule has 198 valence electrons. The Morgan fingerprint density at radius 1 is 0.972 bits per heavy atom. The number of allylic oxidation sites excluding steroid dienone is 7. The first kappa shape index (κ1) is 30.8. The molecule has 1 heterocycles. The summed E-state index contributed by atoms with van der Waals surface area (Å²) in [5.41, 5.74) is 0. The molecule has 4 unspecified atom stereocenters. The lowest BCUT2D eigenvalue weighted by Gasteiger charge is -2.12. The summed E-state index contributed by atoms with van der Waals surface area (Å²) >= 11 is 0. The van der Waals surface area contributed by atoms with Crippen molar-refractivity contribution in [3.8, 4) is 0 Å². The number of hydrogen-bond donors (Lipinski definition) is 3. The topological polar surface area (TPSA) is 130 Å². The number of aliphatic hydroxyl groups excluding tert-OH is 2. The molecule has 8 heteroatoms. The third-order valence-corrected chi connectivity index (χ3v) is 5.05. The van der Waals surface area contributed by atoms with E-state index in [9.17, 15) is 24.6 Å². The molecule has 0 saturated heterocycles. The normalized spacial score (nSPS) is 30.5. The second-order valence-electron chi connectivity index (χ2n) is 8.44. The first-order valence-corrected chi connectivity index (χ1v) is 12.2. The number of carboxylic acids is 1. The number of cyclic esters (lactones) is 1. The Labute approximate surface area is 213 Å². The summed E-state index contributed by atoms with van der Waals surface area (Å²) in [7, 11) is 0. The van der Waals surface area contributed by atoms with Crippen LogP contribution in [0.15, 0.2) is 72.9 Å². The standard InChI is InChI=1S/C28H38O8/c1-22-13-7-3-2-4-8-14-23(29)21-24(30)15-9-5-10-16-25(36-28(34)20-19-26(31)32)17-11-6-12-18-27(33)35-22/h2,4-6,8-12,14,16,18,22-25,29-30H,3,7,13,15,17,19-21H2,1H3,(H,31,32)/b4-2-,9-5+,11-6+,14-8+,16-10-,18-12+. The number of carbonyl (C=O) groups excluding carboxylic acids is 2. The van der Waals surface area contributed by atoms with Crippen molar-refractivity contribution in [2.24, 2.45) is 0 Å². The van der Waals surface area contributed by atoms with Gasteiger partial charge >= 0.3 is 17.9 Å². The van der Waals surface area contributed by atoms with Crippen LogP contribution in [0.25, 0.3) is 0 Å². The Morgan fingerprint density at radius 3 is 2.44 bits per heavy atom. The zero-order chi connectivity index (χ0) is 26.6. The van der Waals surface area contributed by atoms with Crippen molar-refractivity contribution in [2.75, 3.05) is 0 Å². The number of aliphatic carboxylic acids is 1. The molecule has 36 heavy (non-hydrogen) atoms. The summed E-state index contributed by atoms with van der Waals surface area (Å²) < 4.78 is 10.7. The molecular formula is C28H38O8. The Balaban J connectivity index is 2.86. The van der Waals surface area contributed by atoms with Crippen molar-refractivity contribution >= 4 is 17.9 Å². The molecule has 0 aromatic heterocycles. The van der Waals surface area contributed by atoms with Crippen LogP contribution in [-0.2, 0) is 23.9 Å². The fraction of sp³-hybridized carbons (Fsp3) is 0.464. The highest BCUT2D eigenvalue weighted by Crippen LogP contribution is 2.09. The minimum atomic E-state index is -1.08. The molecule has 0 spiro atoms. The first-order chi connectivity index (χ1) is 17.3. The van der Waals surface area contributed by atoms with Gasteiger partial charge in [-0.25, -0.2) is 4.79 Å². The second kappa shape index (κ2) is 19.0. The summed E-state index contributed by atoms with van der Waals surface area (Å²) in [5, 5.41) is 28.9. The Kier molecular flexibility index (Phi) is 16.3. The summed E-state index contributed by atoms with van der Waals surface area (Å²) in [4.78, 5) is 34.6. The fourth-order valence-corrected chi connectivity index (χ4v) is 3.17. The van der Waals surface area contributed by atoms with E-state index in [0.29, 0.717) is 19.3 Å². The molecule has 0 radical (unpaired) electrons. The fourth-order valence-electron chi connectivity index (χ4n) is 3.17. The van der Waals surface area contributed by atoms with Gasteiger partial charge in [-0.3, -0.25) is 9.59 Å². The SMILES string of the molecule is CC1CCC/C=C\C=C\C(O)CC(O)C/C=C/C=C\C(OC(=O)CCC(=O)O)C/C=C/C=C/C(=O)O1. The maximum Gasteiger partial charge on any atom is 0.331 e. The van der Waals surface area contributed by atoms with Gasteiger partial charge in [-0.2, -0.15) is 0 Å². The Morgan fingerprint density at radius 2 is 1.67 bits per heavy atom. The number of esters is 2. The van der Waals surface area contributed by atoms with Crippen LogP contribution in [0, 0.1) is 0 Å². The first-order valence-electron chi connectivity index (χ1n) is 12.2. The van der Waals surface area contributed by atoms with Crippen LogP contribution in [0.3, 0.4) is 0 Å². The molecular weight excluding hydrogens is 464 g/mol. The van der Waals surface area contributed by atoms with Crippen LogP contribution >= 0.6 is 0 Å². The average molecular weight is 503 g/mol. The number of hydrogen-bond acceptors (Lipinski definition) is 7. The van der Waals surface area contributed by atoms with Crippen LogP contribution < -0.4 is 0 Å². The number of rotatable bonds is 4. The van der Waals surface area contributed by atoms with Gasteiger partial charge in [0.25, 0.3) is 0 Å². The minimum Gasteiger partial charge on any atom is -0.481 e. The minimum absolute atomic E-state index is 0.198. The molecule has 0 bridgehead atoms. The Bertz CT molecular complexity index is 850. The zero-order valence-electron chi connectivity index (χ0n) is 20.8. The van der Waals surface area contributed by atoms with Crippen LogP contribution in [0.1, 0.15) is 58.3 Å². The molecule has 0 fully saturated rings. The Hall–Kier alpha value is -3.23. The number of ether oxygens (including phenoxy) is 2. The van der Waals surface area contributed by atoms with Crippen LogP contribution in [-0.4, -0.2) is 57.6 Å². The van der Waals surface area contributed by atoms with E-state index in [0.717, 1.165) is 12.8 Å². The lowest BCUT2D eigenvalue weighted by molar-refractivity contribution is -0.150. The lowest BCUT2D eigenvalue weighted by Crippen LogP contribution is -2.16. The molecule has 1 aliphatic rings. The molecule has 4 atom stereocenters. The van der Waals surface area contributed by atoms with E-state index >= 15 is 0 Å². The molecule has 0 aliphatic carbocycles. The van der Waals surface area contributed by atoms with E-state index in [1.807, 2.05) is 19.1 Å². The van der Waals surface area contributed by atoms with E-state index in [1.165, 1.54) is 6.08 Å². The van der Waals surface area contributed by atoms with Crippen LogP contribution in [0.2, 0.25) is 0 Å². The lowest BCUT2D eigenvalue weighted by atomic mass is 10.1. The van der Waals surface area contributed by atoms with E-state index in [1.54, 1.807) is 54.7 Å². The molecule has 0 amide bonds. The van der Waals surface area contributed by atoms with Crippen molar-refractivity contribution in [1.82, 2.24) is 0 Å². The molecule has 1 rings (SSSR count). The van der Waals surface area contributed by atoms with Gasteiger partial charge in [0.15, 0.2) is 0 Å². The highest BCUT2D eigenvalue weighted by atomic mass is 16.5. The number of carboxylic acid groups (broad SMARTS) is 1. The number of aliphatic hydroxyl groups is 2. The van der Waals surface area contributed by atoms with E-state index in [2.05, 4.69) is 0 Å². The van der Waals surface area contributed by atoms with Gasteiger partial charge in [0.05, 0.1) is 31.2 Å².